The fraction of sp³-hybridized carbons (Fsp3) is 0.188. The lowest BCUT2D eigenvalue weighted by Crippen LogP contribution is -2.07. The Morgan fingerprint density at radius 3 is 2.23 bits per heavy atom. The van der Waals surface area contributed by atoms with Crippen molar-refractivity contribution in [3.8, 4) is 5.75 Å². The van der Waals surface area contributed by atoms with E-state index >= 15 is 0 Å². The summed E-state index contributed by atoms with van der Waals surface area (Å²) in [5.41, 5.74) is 1.60. The van der Waals surface area contributed by atoms with Crippen molar-refractivity contribution >= 4 is 16.4 Å². The summed E-state index contributed by atoms with van der Waals surface area (Å²) in [6.07, 6.45) is 0.959. The number of hydrogen-bond acceptors (Lipinski definition) is 5. The van der Waals surface area contributed by atoms with Crippen LogP contribution in [0.4, 0.5) is 0 Å². The van der Waals surface area contributed by atoms with E-state index in [9.17, 15) is 13.2 Å². The lowest BCUT2D eigenvalue weighted by atomic mass is 10.1. The van der Waals surface area contributed by atoms with Gasteiger partial charge in [-0.2, -0.15) is 8.42 Å². The fourth-order valence-electron chi connectivity index (χ4n) is 1.86. The highest BCUT2D eigenvalue weighted by Crippen LogP contribution is 2.21. The Balaban J connectivity index is 2.03. The van der Waals surface area contributed by atoms with Crippen LogP contribution in [0.2, 0.25) is 0 Å². The maximum atomic E-state index is 11.2. The monoisotopic (exact) mass is 320 g/mol. The number of rotatable bonds is 7. The lowest BCUT2D eigenvalue weighted by Gasteiger charge is -2.13. The van der Waals surface area contributed by atoms with Crippen LogP contribution >= 0.6 is 0 Å². The molecule has 0 spiro atoms. The molecule has 0 aliphatic rings. The van der Waals surface area contributed by atoms with E-state index < -0.39 is 16.2 Å². The number of aldehydes is 1. The van der Waals surface area contributed by atoms with Crippen molar-refractivity contribution < 1.29 is 22.1 Å². The third kappa shape index (κ3) is 4.98. The molecule has 0 amide bonds. The predicted octanol–water partition coefficient (Wildman–Crippen LogP) is 2.48. The molecule has 0 saturated heterocycles. The Kier molecular flexibility index (Phi) is 5.30. The number of carbonyl (C=O) groups is 1. The maximum Gasteiger partial charge on any atom is 0.306 e. The topological polar surface area (TPSA) is 69.7 Å². The molecule has 22 heavy (non-hydrogen) atoms. The molecular formula is C16H16O5S. The molecule has 0 saturated carbocycles. The molecule has 2 aromatic rings. The Hall–Kier alpha value is -2.18. The molecule has 0 aliphatic heterocycles. The van der Waals surface area contributed by atoms with Gasteiger partial charge in [0, 0.05) is 0 Å². The van der Waals surface area contributed by atoms with Crippen LogP contribution in [0, 0.1) is 0 Å². The van der Waals surface area contributed by atoms with Crippen molar-refractivity contribution in [3.63, 3.8) is 0 Å². The molecule has 1 unspecified atom stereocenters. The Labute approximate surface area is 129 Å². The van der Waals surface area contributed by atoms with Gasteiger partial charge < -0.3 is 13.7 Å². The average Bonchev–Trinajstić information content (AvgIpc) is 2.49. The highest BCUT2D eigenvalue weighted by molar-refractivity contribution is 7.86. The largest absolute Gasteiger partial charge is 0.383 e. The first-order chi connectivity index (χ1) is 10.5. The minimum Gasteiger partial charge on any atom is -0.383 e. The zero-order chi connectivity index (χ0) is 16.0. The van der Waals surface area contributed by atoms with Crippen LogP contribution in [0.3, 0.4) is 0 Å². The molecule has 0 aromatic heterocycles. The van der Waals surface area contributed by atoms with Gasteiger partial charge in [0.05, 0.1) is 12.9 Å². The van der Waals surface area contributed by atoms with E-state index in [0.29, 0.717) is 18.5 Å². The molecule has 6 heteroatoms. The van der Waals surface area contributed by atoms with Gasteiger partial charge in [0.15, 0.2) is 6.29 Å². The van der Waals surface area contributed by atoms with Gasteiger partial charge >= 0.3 is 10.1 Å². The Morgan fingerprint density at radius 2 is 1.68 bits per heavy atom. The van der Waals surface area contributed by atoms with Crippen molar-refractivity contribution in [2.24, 2.45) is 0 Å². The first-order valence-electron chi connectivity index (χ1n) is 6.58. The van der Waals surface area contributed by atoms with E-state index in [0.717, 1.165) is 11.8 Å². The number of hydrogen-bond donors (Lipinski definition) is 0. The Bertz CT molecular complexity index is 708. The minimum atomic E-state index is -3.56. The highest BCUT2D eigenvalue weighted by atomic mass is 32.2. The van der Waals surface area contributed by atoms with Gasteiger partial charge in [-0.25, -0.2) is 0 Å². The molecule has 116 valence electrons. The maximum absolute atomic E-state index is 11.2. The zero-order valence-electron chi connectivity index (χ0n) is 12.0. The summed E-state index contributed by atoms with van der Waals surface area (Å²) >= 11 is 0. The van der Waals surface area contributed by atoms with E-state index in [2.05, 4.69) is 0 Å². The quantitative estimate of drug-likeness (QED) is 0.579. The van der Waals surface area contributed by atoms with Gasteiger partial charge in [-0.1, -0.05) is 42.5 Å². The van der Waals surface area contributed by atoms with Crippen molar-refractivity contribution in [1.82, 2.24) is 0 Å². The van der Waals surface area contributed by atoms with Gasteiger partial charge in [0.1, 0.15) is 11.9 Å². The van der Waals surface area contributed by atoms with E-state index in [-0.39, 0.29) is 5.75 Å². The summed E-state index contributed by atoms with van der Waals surface area (Å²) in [5.74, 6) is 0.193. The highest BCUT2D eigenvalue weighted by Gasteiger charge is 2.12. The molecule has 0 fully saturated rings. The van der Waals surface area contributed by atoms with E-state index in [1.165, 1.54) is 12.1 Å². The minimum absolute atomic E-state index is 0.193. The van der Waals surface area contributed by atoms with Crippen LogP contribution in [0.1, 0.15) is 17.2 Å². The van der Waals surface area contributed by atoms with Crippen LogP contribution in [0.5, 0.6) is 5.75 Å². The molecule has 0 aliphatic carbocycles. The second-order valence-electron chi connectivity index (χ2n) is 4.71. The first kappa shape index (κ1) is 16.2. The molecule has 0 N–H and O–H groups in total. The summed E-state index contributed by atoms with van der Waals surface area (Å²) in [4.78, 5) is 11.2. The molecular weight excluding hydrogens is 304 g/mol. The first-order valence-corrected chi connectivity index (χ1v) is 8.40. The van der Waals surface area contributed by atoms with Gasteiger partial charge in [-0.05, 0) is 23.3 Å². The van der Waals surface area contributed by atoms with Crippen LogP contribution < -0.4 is 4.18 Å². The van der Waals surface area contributed by atoms with Crippen LogP contribution in [0.15, 0.2) is 54.6 Å². The summed E-state index contributed by atoms with van der Waals surface area (Å²) in [5, 5.41) is 0. The van der Waals surface area contributed by atoms with Crippen molar-refractivity contribution in [2.45, 2.75) is 12.7 Å². The van der Waals surface area contributed by atoms with Gasteiger partial charge in [0.2, 0.25) is 0 Å². The zero-order valence-corrected chi connectivity index (χ0v) is 12.8. The van der Waals surface area contributed by atoms with E-state index in [4.69, 9.17) is 8.92 Å². The van der Waals surface area contributed by atoms with Gasteiger partial charge in [0.25, 0.3) is 0 Å². The average molecular weight is 320 g/mol. The third-order valence-electron chi connectivity index (χ3n) is 2.85. The number of ether oxygens (including phenoxy) is 1. The van der Waals surface area contributed by atoms with Crippen LogP contribution in [-0.4, -0.2) is 21.0 Å². The predicted molar refractivity (Wildman–Crippen MR) is 81.9 cm³/mol. The molecule has 0 heterocycles. The molecule has 5 nitrogen and oxygen atoms in total. The second-order valence-corrected chi connectivity index (χ2v) is 6.28. The molecule has 0 radical (unpaired) electrons. The summed E-state index contributed by atoms with van der Waals surface area (Å²) < 4.78 is 32.4. The van der Waals surface area contributed by atoms with Crippen molar-refractivity contribution in [1.29, 1.82) is 0 Å². The normalized spacial score (nSPS) is 12.6. The van der Waals surface area contributed by atoms with E-state index in [1.807, 2.05) is 30.3 Å². The number of carbonyl (C=O) groups excluding carboxylic acids is 1. The molecule has 1 atom stereocenters. The van der Waals surface area contributed by atoms with Gasteiger partial charge in [-0.3, -0.25) is 0 Å². The lowest BCUT2D eigenvalue weighted by molar-refractivity contribution is -0.119. The SMILES string of the molecule is CS(=O)(=O)Oc1ccc(C(C=O)OCc2ccccc2)cc1. The fourth-order valence-corrected chi connectivity index (χ4v) is 2.32. The Morgan fingerprint density at radius 1 is 1.05 bits per heavy atom. The van der Waals surface area contributed by atoms with E-state index in [1.54, 1.807) is 12.1 Å². The smallest absolute Gasteiger partial charge is 0.306 e. The molecule has 2 aromatic carbocycles. The van der Waals surface area contributed by atoms with Crippen molar-refractivity contribution in [2.75, 3.05) is 6.26 Å². The van der Waals surface area contributed by atoms with Gasteiger partial charge in [-0.15, -0.1) is 0 Å². The number of benzene rings is 2. The van der Waals surface area contributed by atoms with Crippen LogP contribution in [0.25, 0.3) is 0 Å². The third-order valence-corrected chi connectivity index (χ3v) is 3.35. The van der Waals surface area contributed by atoms with Crippen LogP contribution in [-0.2, 0) is 26.3 Å². The summed E-state index contributed by atoms with van der Waals surface area (Å²) in [6.45, 7) is 0.311. The van der Waals surface area contributed by atoms with Crippen molar-refractivity contribution in [3.05, 3.63) is 65.7 Å². The summed E-state index contributed by atoms with van der Waals surface area (Å²) in [7, 11) is -3.56. The second kappa shape index (κ2) is 7.20. The standard InChI is InChI=1S/C16H16O5S/c1-22(18,19)21-15-9-7-14(8-10-15)16(11-17)20-12-13-5-3-2-4-6-13/h2-11,16H,12H2,1H3. The summed E-state index contributed by atoms with van der Waals surface area (Å²) in [6, 6.07) is 15.7. The molecule has 2 rings (SSSR count). The molecule has 0 bridgehead atoms.